The van der Waals surface area contributed by atoms with Crippen molar-refractivity contribution in [1.82, 2.24) is 9.29 Å². The number of nitrogens with zero attached hydrogens (tertiary/aromatic N) is 2. The van der Waals surface area contributed by atoms with Crippen LogP contribution in [0.25, 0.3) is 0 Å². The summed E-state index contributed by atoms with van der Waals surface area (Å²) in [6.45, 7) is 2.53. The van der Waals surface area contributed by atoms with E-state index in [2.05, 4.69) is 10.3 Å². The molecule has 6 nitrogen and oxygen atoms in total. The molecule has 1 N–H and O–H groups in total. The van der Waals surface area contributed by atoms with Gasteiger partial charge in [-0.15, -0.1) is 0 Å². The minimum absolute atomic E-state index is 0.0332. The Kier molecular flexibility index (Phi) is 7.19. The fourth-order valence-electron chi connectivity index (χ4n) is 2.97. The zero-order valence-electron chi connectivity index (χ0n) is 16.3. The molecule has 2 aromatic rings. The monoisotopic (exact) mass is 493 g/mol. The number of hydrogen-bond acceptors (Lipinski definition) is 5. The number of benzene rings is 1. The molecule has 2 heterocycles. The summed E-state index contributed by atoms with van der Waals surface area (Å²) in [5.41, 5.74) is -1.07. The highest BCUT2D eigenvalue weighted by Crippen LogP contribution is 2.36. The third kappa shape index (κ3) is 5.71. The summed E-state index contributed by atoms with van der Waals surface area (Å²) in [5.74, 6) is -0.531. The van der Waals surface area contributed by atoms with Crippen LogP contribution in [-0.2, 0) is 21.0 Å². The van der Waals surface area contributed by atoms with Gasteiger partial charge in [0.2, 0.25) is 15.9 Å². The third-order valence-corrected chi connectivity index (χ3v) is 7.88. The van der Waals surface area contributed by atoms with E-state index in [1.807, 2.05) is 0 Å². The predicted molar refractivity (Wildman–Crippen MR) is 113 cm³/mol. The van der Waals surface area contributed by atoms with Crippen molar-refractivity contribution in [1.29, 1.82) is 0 Å². The second-order valence-electron chi connectivity index (χ2n) is 6.89. The van der Waals surface area contributed by atoms with Crippen molar-refractivity contribution < 1.29 is 26.4 Å². The normalized spacial score (nSPS) is 16.3. The molecule has 1 fully saturated rings. The molecule has 1 saturated heterocycles. The Morgan fingerprint density at radius 3 is 2.48 bits per heavy atom. The van der Waals surface area contributed by atoms with Crippen LogP contribution in [0.2, 0.25) is 5.02 Å². The number of rotatable bonds is 6. The summed E-state index contributed by atoms with van der Waals surface area (Å²) in [7, 11) is -3.58. The van der Waals surface area contributed by atoms with E-state index < -0.39 is 37.9 Å². The van der Waals surface area contributed by atoms with Gasteiger partial charge in [-0.3, -0.25) is 4.79 Å². The number of sulfonamides is 1. The number of pyridine rings is 1. The fraction of sp³-hybridized carbons (Fsp3) is 0.368. The van der Waals surface area contributed by atoms with Crippen molar-refractivity contribution in [3.05, 3.63) is 47.1 Å². The lowest BCUT2D eigenvalue weighted by molar-refractivity contribution is -0.137. The second kappa shape index (κ2) is 9.35. The van der Waals surface area contributed by atoms with Gasteiger partial charge in [-0.05, 0) is 50.1 Å². The highest BCUT2D eigenvalue weighted by molar-refractivity contribution is 8.00. The van der Waals surface area contributed by atoms with E-state index in [-0.39, 0.29) is 10.6 Å². The number of carbonyl (C=O) groups excluding carboxylic acids is 1. The molecule has 12 heteroatoms. The lowest BCUT2D eigenvalue weighted by Crippen LogP contribution is -2.28. The quantitative estimate of drug-likeness (QED) is 0.592. The van der Waals surface area contributed by atoms with Crippen molar-refractivity contribution >= 4 is 45.0 Å². The number of halogens is 4. The van der Waals surface area contributed by atoms with E-state index in [1.165, 1.54) is 28.7 Å². The molecule has 1 atom stereocenters. The van der Waals surface area contributed by atoms with E-state index in [1.54, 1.807) is 6.92 Å². The van der Waals surface area contributed by atoms with E-state index >= 15 is 0 Å². The van der Waals surface area contributed by atoms with Gasteiger partial charge in [0.15, 0.2) is 0 Å². The molecule has 0 aliphatic carbocycles. The van der Waals surface area contributed by atoms with Crippen LogP contribution in [0.15, 0.2) is 46.5 Å². The Hall–Kier alpha value is -1.82. The van der Waals surface area contributed by atoms with Crippen molar-refractivity contribution in [2.45, 2.75) is 41.1 Å². The lowest BCUT2D eigenvalue weighted by Gasteiger charge is -2.16. The fourth-order valence-corrected chi connectivity index (χ4v) is 5.44. The maximum atomic E-state index is 13.0. The average Bonchev–Trinajstić information content (AvgIpc) is 3.24. The maximum absolute atomic E-state index is 13.0. The van der Waals surface area contributed by atoms with Crippen LogP contribution in [0, 0.1) is 0 Å². The third-order valence-electron chi connectivity index (χ3n) is 4.62. The first-order valence-corrected chi connectivity index (χ1v) is 12.0. The largest absolute Gasteiger partial charge is 0.417 e. The topological polar surface area (TPSA) is 79.4 Å². The Morgan fingerprint density at radius 2 is 1.90 bits per heavy atom. The number of carbonyl (C=O) groups is 1. The van der Waals surface area contributed by atoms with Crippen LogP contribution in [0.3, 0.4) is 0 Å². The van der Waals surface area contributed by atoms with E-state index in [0.29, 0.717) is 18.1 Å². The summed E-state index contributed by atoms with van der Waals surface area (Å²) in [6.07, 6.45) is -1.74. The minimum Gasteiger partial charge on any atom is -0.325 e. The molecule has 1 unspecified atom stereocenters. The smallest absolute Gasteiger partial charge is 0.325 e. The maximum Gasteiger partial charge on any atom is 0.417 e. The van der Waals surface area contributed by atoms with Gasteiger partial charge in [-0.2, -0.15) is 17.5 Å². The number of amides is 1. The SMILES string of the molecule is CC(Sc1ccc(S(=O)(=O)N2CCCC2)cn1)C(=O)Nc1ccc(Cl)c(C(F)(F)F)c1. The first-order valence-electron chi connectivity index (χ1n) is 9.29. The number of anilines is 1. The van der Waals surface area contributed by atoms with E-state index in [9.17, 15) is 26.4 Å². The summed E-state index contributed by atoms with van der Waals surface area (Å²) in [5, 5.41) is 1.68. The average molecular weight is 494 g/mol. The molecule has 0 saturated carbocycles. The standard InChI is InChI=1S/C19H19ClF3N3O3S2/c1-12(18(27)25-13-4-6-16(20)15(10-13)19(21,22)23)30-17-7-5-14(11-24-17)31(28,29)26-8-2-3-9-26/h4-7,10-12H,2-3,8-9H2,1H3,(H,25,27). The number of aromatic nitrogens is 1. The van der Waals surface area contributed by atoms with Gasteiger partial charge in [-0.25, -0.2) is 13.4 Å². The number of hydrogen-bond donors (Lipinski definition) is 1. The summed E-state index contributed by atoms with van der Waals surface area (Å²) in [4.78, 5) is 16.6. The first-order chi connectivity index (χ1) is 14.5. The zero-order chi connectivity index (χ0) is 22.8. The molecule has 31 heavy (non-hydrogen) atoms. The van der Waals surface area contributed by atoms with Gasteiger partial charge in [0.05, 0.1) is 20.9 Å². The lowest BCUT2D eigenvalue weighted by atomic mass is 10.2. The van der Waals surface area contributed by atoms with Crippen LogP contribution in [0.5, 0.6) is 0 Å². The highest BCUT2D eigenvalue weighted by Gasteiger charge is 2.33. The molecule has 3 rings (SSSR count). The van der Waals surface area contributed by atoms with Gasteiger partial charge in [0, 0.05) is 25.0 Å². The summed E-state index contributed by atoms with van der Waals surface area (Å²) in [6, 6.07) is 6.06. The first kappa shape index (κ1) is 23.8. The van der Waals surface area contributed by atoms with Crippen LogP contribution in [-0.4, -0.2) is 42.0 Å². The second-order valence-corrected chi connectivity index (χ2v) is 10.6. The van der Waals surface area contributed by atoms with Gasteiger partial charge in [0.25, 0.3) is 0 Å². The molecule has 1 aliphatic rings. The van der Waals surface area contributed by atoms with Crippen LogP contribution >= 0.6 is 23.4 Å². The van der Waals surface area contributed by atoms with E-state index in [0.717, 1.165) is 36.7 Å². The zero-order valence-corrected chi connectivity index (χ0v) is 18.7. The molecule has 1 amide bonds. The Bertz CT molecular complexity index is 1060. The van der Waals surface area contributed by atoms with Crippen LogP contribution in [0.1, 0.15) is 25.3 Å². The predicted octanol–water partition coefficient (Wildman–Crippen LogP) is 4.66. The van der Waals surface area contributed by atoms with Gasteiger partial charge in [-0.1, -0.05) is 23.4 Å². The Labute approximate surface area is 187 Å². The Balaban J connectivity index is 1.65. The van der Waals surface area contributed by atoms with Crippen LogP contribution in [0.4, 0.5) is 18.9 Å². The van der Waals surface area contributed by atoms with Crippen molar-refractivity contribution in [2.24, 2.45) is 0 Å². The van der Waals surface area contributed by atoms with Crippen LogP contribution < -0.4 is 5.32 Å². The number of alkyl halides is 3. The minimum atomic E-state index is -4.64. The van der Waals surface area contributed by atoms with Crippen molar-refractivity contribution in [2.75, 3.05) is 18.4 Å². The van der Waals surface area contributed by atoms with Gasteiger partial charge < -0.3 is 5.32 Å². The summed E-state index contributed by atoms with van der Waals surface area (Å²) < 4.78 is 65.4. The van der Waals surface area contributed by atoms with Crippen molar-refractivity contribution in [3.63, 3.8) is 0 Å². The van der Waals surface area contributed by atoms with Gasteiger partial charge in [0.1, 0.15) is 4.90 Å². The number of thioether (sulfide) groups is 1. The molecular formula is C19H19ClF3N3O3S2. The van der Waals surface area contributed by atoms with E-state index in [4.69, 9.17) is 11.6 Å². The van der Waals surface area contributed by atoms with Gasteiger partial charge >= 0.3 is 6.18 Å². The summed E-state index contributed by atoms with van der Waals surface area (Å²) >= 11 is 6.64. The molecule has 1 aromatic heterocycles. The molecule has 1 aliphatic heterocycles. The highest BCUT2D eigenvalue weighted by atomic mass is 35.5. The molecular weight excluding hydrogens is 475 g/mol. The molecule has 0 bridgehead atoms. The molecule has 0 radical (unpaired) electrons. The molecule has 0 spiro atoms. The molecule has 1 aromatic carbocycles. The Morgan fingerprint density at radius 1 is 1.23 bits per heavy atom. The number of nitrogens with one attached hydrogen (secondary N) is 1. The molecule has 168 valence electrons. The van der Waals surface area contributed by atoms with Crippen molar-refractivity contribution in [3.8, 4) is 0 Å².